The number of aromatic amines is 1. The molecule has 0 aliphatic rings. The molecule has 21 heavy (non-hydrogen) atoms. The van der Waals surface area contributed by atoms with Crippen molar-refractivity contribution in [3.8, 4) is 0 Å². The first kappa shape index (κ1) is 14.8. The molecule has 2 N–H and O–H groups in total. The number of furan rings is 1. The highest BCUT2D eigenvalue weighted by Crippen LogP contribution is 2.32. The lowest BCUT2D eigenvalue weighted by Crippen LogP contribution is -2.40. The number of hydrogen-bond donors (Lipinski definition) is 2. The van der Waals surface area contributed by atoms with Crippen LogP contribution < -0.4 is 10.9 Å². The van der Waals surface area contributed by atoms with Gasteiger partial charge in [0.15, 0.2) is 6.04 Å². The van der Waals surface area contributed by atoms with Crippen molar-refractivity contribution >= 4 is 5.91 Å². The number of aromatic nitrogens is 2. The van der Waals surface area contributed by atoms with Crippen molar-refractivity contribution in [1.82, 2.24) is 15.3 Å². The zero-order valence-corrected chi connectivity index (χ0v) is 10.7. The van der Waals surface area contributed by atoms with E-state index in [1.165, 1.54) is 13.0 Å². The van der Waals surface area contributed by atoms with E-state index in [9.17, 15) is 22.8 Å². The van der Waals surface area contributed by atoms with E-state index in [0.29, 0.717) is 0 Å². The minimum absolute atomic E-state index is 0.245. The summed E-state index contributed by atoms with van der Waals surface area (Å²) in [5, 5.41) is 1.72. The lowest BCUT2D eigenvalue weighted by molar-refractivity contribution is -0.159. The summed E-state index contributed by atoms with van der Waals surface area (Å²) in [5.41, 5.74) is -1.33. The van der Waals surface area contributed by atoms with Crippen LogP contribution in [0.3, 0.4) is 0 Å². The van der Waals surface area contributed by atoms with Crippen LogP contribution in [0.2, 0.25) is 0 Å². The predicted octanol–water partition coefficient (Wildman–Crippen LogP) is 1.70. The van der Waals surface area contributed by atoms with Crippen molar-refractivity contribution in [3.05, 3.63) is 52.1 Å². The highest BCUT2D eigenvalue weighted by Gasteiger charge is 2.44. The summed E-state index contributed by atoms with van der Waals surface area (Å²) in [7, 11) is 0. The van der Waals surface area contributed by atoms with E-state index in [1.54, 1.807) is 5.32 Å². The van der Waals surface area contributed by atoms with Gasteiger partial charge in [0.05, 0.1) is 6.26 Å². The summed E-state index contributed by atoms with van der Waals surface area (Å²) in [6, 6.07) is -0.00279. The molecule has 0 aliphatic carbocycles. The van der Waals surface area contributed by atoms with E-state index in [4.69, 9.17) is 0 Å². The molecule has 0 fully saturated rings. The minimum Gasteiger partial charge on any atom is -0.467 e. The highest BCUT2D eigenvalue weighted by molar-refractivity contribution is 5.93. The number of amides is 1. The number of halogens is 3. The van der Waals surface area contributed by atoms with E-state index < -0.39 is 35.0 Å². The molecule has 2 aromatic heterocycles. The van der Waals surface area contributed by atoms with Crippen LogP contribution in [0.4, 0.5) is 13.2 Å². The summed E-state index contributed by atoms with van der Waals surface area (Å²) in [4.78, 5) is 29.3. The van der Waals surface area contributed by atoms with Gasteiger partial charge in [-0.3, -0.25) is 9.59 Å². The summed E-state index contributed by atoms with van der Waals surface area (Å²) in [6.07, 6.45) is -2.79. The Morgan fingerprint density at radius 1 is 1.48 bits per heavy atom. The van der Waals surface area contributed by atoms with Crippen LogP contribution in [-0.4, -0.2) is 22.1 Å². The van der Waals surface area contributed by atoms with Crippen LogP contribution in [0.15, 0.2) is 33.8 Å². The second-order valence-electron chi connectivity index (χ2n) is 4.17. The van der Waals surface area contributed by atoms with Gasteiger partial charge in [0, 0.05) is 6.20 Å². The predicted molar refractivity (Wildman–Crippen MR) is 64.6 cm³/mol. The second-order valence-corrected chi connectivity index (χ2v) is 4.17. The Labute approximate surface area is 116 Å². The maximum Gasteiger partial charge on any atom is 0.415 e. The quantitative estimate of drug-likeness (QED) is 0.903. The van der Waals surface area contributed by atoms with Gasteiger partial charge in [-0.25, -0.2) is 4.98 Å². The standard InChI is InChI=1S/C12H10F3N3O3/c1-6-16-5-7(10(19)17-6)11(20)18-9(12(13,14)15)8-3-2-4-21-8/h2-5,9H,1H3,(H,18,20)(H,16,17,19). The Kier molecular flexibility index (Phi) is 3.83. The third-order valence-electron chi connectivity index (χ3n) is 2.60. The molecule has 112 valence electrons. The average molecular weight is 301 g/mol. The Balaban J connectivity index is 2.29. The molecule has 1 atom stereocenters. The Morgan fingerprint density at radius 3 is 2.71 bits per heavy atom. The van der Waals surface area contributed by atoms with Crippen LogP contribution in [0.1, 0.15) is 28.0 Å². The van der Waals surface area contributed by atoms with Crippen molar-refractivity contribution in [2.75, 3.05) is 0 Å². The molecule has 2 rings (SSSR count). The third-order valence-corrected chi connectivity index (χ3v) is 2.60. The molecule has 1 amide bonds. The molecule has 0 bridgehead atoms. The largest absolute Gasteiger partial charge is 0.467 e. The third kappa shape index (κ3) is 3.30. The number of hydrogen-bond acceptors (Lipinski definition) is 4. The number of nitrogens with one attached hydrogen (secondary N) is 2. The molecule has 0 saturated carbocycles. The van der Waals surface area contributed by atoms with Crippen molar-refractivity contribution < 1.29 is 22.4 Å². The van der Waals surface area contributed by atoms with E-state index in [0.717, 1.165) is 18.5 Å². The second kappa shape index (κ2) is 5.43. The number of nitrogens with zero attached hydrogens (tertiary/aromatic N) is 1. The molecule has 1 unspecified atom stereocenters. The number of rotatable bonds is 3. The molecule has 0 aliphatic heterocycles. The monoisotopic (exact) mass is 301 g/mol. The fourth-order valence-electron chi connectivity index (χ4n) is 1.62. The molecule has 6 nitrogen and oxygen atoms in total. The van der Waals surface area contributed by atoms with Crippen molar-refractivity contribution in [1.29, 1.82) is 0 Å². The van der Waals surface area contributed by atoms with Crippen molar-refractivity contribution in [2.45, 2.75) is 19.1 Å². The van der Waals surface area contributed by atoms with Gasteiger partial charge in [-0.1, -0.05) is 0 Å². The first-order valence-electron chi connectivity index (χ1n) is 5.76. The molecule has 0 spiro atoms. The van der Waals surface area contributed by atoms with E-state index in [2.05, 4.69) is 14.4 Å². The van der Waals surface area contributed by atoms with Crippen LogP contribution >= 0.6 is 0 Å². The zero-order valence-electron chi connectivity index (χ0n) is 10.7. The Morgan fingerprint density at radius 2 is 2.19 bits per heavy atom. The summed E-state index contributed by atoms with van der Waals surface area (Å²) >= 11 is 0. The van der Waals surface area contributed by atoms with Gasteiger partial charge >= 0.3 is 6.18 Å². The average Bonchev–Trinajstić information content (AvgIpc) is 2.87. The Hall–Kier alpha value is -2.58. The van der Waals surface area contributed by atoms with E-state index >= 15 is 0 Å². The van der Waals surface area contributed by atoms with Crippen LogP contribution in [0.5, 0.6) is 0 Å². The molecule has 2 heterocycles. The normalized spacial score (nSPS) is 13.0. The molecule has 9 heteroatoms. The van der Waals surface area contributed by atoms with Crippen LogP contribution in [0.25, 0.3) is 0 Å². The fourth-order valence-corrected chi connectivity index (χ4v) is 1.62. The maximum absolute atomic E-state index is 12.9. The number of H-pyrrole nitrogens is 1. The topological polar surface area (TPSA) is 88.0 Å². The summed E-state index contributed by atoms with van der Waals surface area (Å²) in [6.45, 7) is 1.48. The van der Waals surface area contributed by atoms with E-state index in [-0.39, 0.29) is 5.82 Å². The fraction of sp³-hybridized carbons (Fsp3) is 0.250. The highest BCUT2D eigenvalue weighted by atomic mass is 19.4. The summed E-state index contributed by atoms with van der Waals surface area (Å²) in [5.74, 6) is -1.43. The van der Waals surface area contributed by atoms with Gasteiger partial charge < -0.3 is 14.7 Å². The molecular weight excluding hydrogens is 291 g/mol. The van der Waals surface area contributed by atoms with Gasteiger partial charge in [-0.2, -0.15) is 13.2 Å². The van der Waals surface area contributed by atoms with E-state index in [1.807, 2.05) is 0 Å². The molecule has 2 aromatic rings. The maximum atomic E-state index is 12.9. The molecular formula is C12H10F3N3O3. The van der Waals surface area contributed by atoms with Crippen LogP contribution in [-0.2, 0) is 0 Å². The zero-order chi connectivity index (χ0) is 15.6. The van der Waals surface area contributed by atoms with Gasteiger partial charge in [0.2, 0.25) is 0 Å². The van der Waals surface area contributed by atoms with Crippen molar-refractivity contribution in [2.24, 2.45) is 0 Å². The number of alkyl halides is 3. The molecule has 0 radical (unpaired) electrons. The summed E-state index contributed by atoms with van der Waals surface area (Å²) < 4.78 is 43.5. The van der Waals surface area contributed by atoms with Crippen molar-refractivity contribution in [3.63, 3.8) is 0 Å². The number of carbonyl (C=O) groups excluding carboxylic acids is 1. The lowest BCUT2D eigenvalue weighted by atomic mass is 10.2. The van der Waals surface area contributed by atoms with Gasteiger partial charge in [0.1, 0.15) is 17.1 Å². The Bertz CT molecular complexity index is 692. The SMILES string of the molecule is Cc1ncc(C(=O)NC(c2ccco2)C(F)(F)F)c(=O)[nH]1. The lowest BCUT2D eigenvalue weighted by Gasteiger charge is -2.19. The molecule has 0 aromatic carbocycles. The minimum atomic E-state index is -4.77. The van der Waals surface area contributed by atoms with Gasteiger partial charge in [-0.05, 0) is 19.1 Å². The first-order chi connectivity index (χ1) is 9.79. The molecule has 0 saturated heterocycles. The number of carbonyl (C=O) groups is 1. The van der Waals surface area contributed by atoms with Gasteiger partial charge in [-0.15, -0.1) is 0 Å². The smallest absolute Gasteiger partial charge is 0.415 e. The van der Waals surface area contributed by atoms with Gasteiger partial charge in [0.25, 0.3) is 11.5 Å². The first-order valence-corrected chi connectivity index (χ1v) is 5.76. The number of aryl methyl sites for hydroxylation is 1. The van der Waals surface area contributed by atoms with Crippen LogP contribution in [0, 0.1) is 6.92 Å².